The molecular formula is C8H19N3O. The van der Waals surface area contributed by atoms with Crippen molar-refractivity contribution in [2.24, 2.45) is 11.7 Å². The molecule has 0 spiro atoms. The Hall–Kier alpha value is -0.770. The van der Waals surface area contributed by atoms with Crippen LogP contribution in [0.2, 0.25) is 0 Å². The van der Waals surface area contributed by atoms with Gasteiger partial charge in [-0.15, -0.1) is 0 Å². The summed E-state index contributed by atoms with van der Waals surface area (Å²) in [6, 6.07) is -0.312. The lowest BCUT2D eigenvalue weighted by atomic mass is 10.0. The summed E-state index contributed by atoms with van der Waals surface area (Å²) < 4.78 is 0. The number of amides is 2. The Morgan fingerprint density at radius 2 is 2.00 bits per heavy atom. The van der Waals surface area contributed by atoms with Crippen molar-refractivity contribution in [2.75, 3.05) is 20.6 Å². The topological polar surface area (TPSA) is 58.4 Å². The van der Waals surface area contributed by atoms with E-state index < -0.39 is 6.03 Å². The number of hydrogen-bond acceptors (Lipinski definition) is 2. The average Bonchev–Trinajstić information content (AvgIpc) is 1.83. The van der Waals surface area contributed by atoms with Gasteiger partial charge in [-0.1, -0.05) is 13.8 Å². The zero-order valence-corrected chi connectivity index (χ0v) is 8.29. The molecule has 0 bridgehead atoms. The van der Waals surface area contributed by atoms with Crippen molar-refractivity contribution in [3.05, 3.63) is 0 Å². The Labute approximate surface area is 74.1 Å². The number of primary amides is 1. The molecule has 1 unspecified atom stereocenters. The molecule has 3 N–H and O–H groups in total. The van der Waals surface area contributed by atoms with Gasteiger partial charge in [0.05, 0.1) is 0 Å². The van der Waals surface area contributed by atoms with E-state index in [9.17, 15) is 4.79 Å². The van der Waals surface area contributed by atoms with Gasteiger partial charge in [-0.2, -0.15) is 0 Å². The Kier molecular flexibility index (Phi) is 4.66. The number of carbonyl (C=O) groups excluding carboxylic acids is 1. The fraction of sp³-hybridized carbons (Fsp3) is 0.875. The molecule has 4 heteroatoms. The number of likely N-dealkylation sites (N-methyl/N-ethyl adjacent to an activating group) is 1. The zero-order valence-electron chi connectivity index (χ0n) is 8.29. The summed E-state index contributed by atoms with van der Waals surface area (Å²) in [6.45, 7) is 4.94. The number of carbonyl (C=O) groups is 1. The molecule has 0 radical (unpaired) electrons. The molecular weight excluding hydrogens is 154 g/mol. The van der Waals surface area contributed by atoms with E-state index >= 15 is 0 Å². The summed E-state index contributed by atoms with van der Waals surface area (Å²) in [5.74, 6) is 0.403. The molecule has 0 aromatic heterocycles. The van der Waals surface area contributed by atoms with Crippen molar-refractivity contribution < 1.29 is 4.79 Å². The van der Waals surface area contributed by atoms with Crippen molar-refractivity contribution in [1.82, 2.24) is 10.2 Å². The van der Waals surface area contributed by atoms with E-state index in [1.165, 1.54) is 0 Å². The van der Waals surface area contributed by atoms with Crippen LogP contribution in [0.15, 0.2) is 0 Å². The van der Waals surface area contributed by atoms with E-state index in [0.29, 0.717) is 5.92 Å². The van der Waals surface area contributed by atoms with Gasteiger partial charge in [0.15, 0.2) is 0 Å². The van der Waals surface area contributed by atoms with E-state index in [1.54, 1.807) is 0 Å². The highest BCUT2D eigenvalue weighted by atomic mass is 16.2. The highest BCUT2D eigenvalue weighted by molar-refractivity contribution is 5.72. The van der Waals surface area contributed by atoms with Gasteiger partial charge in [-0.05, 0) is 20.0 Å². The molecule has 0 aromatic carbocycles. The van der Waals surface area contributed by atoms with Crippen LogP contribution in [-0.4, -0.2) is 37.6 Å². The quantitative estimate of drug-likeness (QED) is 0.640. The minimum Gasteiger partial charge on any atom is -0.352 e. The molecule has 0 aliphatic rings. The Balaban J connectivity index is 3.95. The number of hydrogen-bond donors (Lipinski definition) is 2. The van der Waals surface area contributed by atoms with Crippen LogP contribution in [0.1, 0.15) is 13.8 Å². The molecule has 0 aromatic rings. The molecule has 0 saturated heterocycles. The van der Waals surface area contributed by atoms with Gasteiger partial charge >= 0.3 is 6.03 Å². The lowest BCUT2D eigenvalue weighted by Gasteiger charge is -2.24. The lowest BCUT2D eigenvalue weighted by Crippen LogP contribution is -2.47. The molecule has 0 aliphatic carbocycles. The van der Waals surface area contributed by atoms with Gasteiger partial charge in [-0.25, -0.2) is 4.79 Å². The molecule has 0 rings (SSSR count). The van der Waals surface area contributed by atoms with Crippen LogP contribution in [0.4, 0.5) is 4.79 Å². The largest absolute Gasteiger partial charge is 0.352 e. The minimum absolute atomic E-state index is 0.137. The first-order chi connectivity index (χ1) is 5.43. The molecule has 1 atom stereocenters. The van der Waals surface area contributed by atoms with E-state index in [4.69, 9.17) is 5.73 Å². The van der Waals surface area contributed by atoms with E-state index in [0.717, 1.165) is 6.54 Å². The zero-order chi connectivity index (χ0) is 9.72. The number of urea groups is 1. The first kappa shape index (κ1) is 11.2. The third-order valence-electron chi connectivity index (χ3n) is 1.69. The van der Waals surface area contributed by atoms with Crippen molar-refractivity contribution in [1.29, 1.82) is 0 Å². The molecule has 0 fully saturated rings. The second-order valence-electron chi connectivity index (χ2n) is 3.62. The van der Waals surface area contributed by atoms with Gasteiger partial charge in [0.2, 0.25) is 0 Å². The summed E-state index contributed by atoms with van der Waals surface area (Å²) >= 11 is 0. The summed E-state index contributed by atoms with van der Waals surface area (Å²) in [5.41, 5.74) is 5.04. The SMILES string of the molecule is CC(C)C(CN(C)C)NC(N)=O. The van der Waals surface area contributed by atoms with Crippen molar-refractivity contribution in [3.8, 4) is 0 Å². The van der Waals surface area contributed by atoms with E-state index in [1.807, 2.05) is 19.0 Å². The second-order valence-corrected chi connectivity index (χ2v) is 3.62. The summed E-state index contributed by atoms with van der Waals surface area (Å²) in [4.78, 5) is 12.6. The molecule has 72 valence electrons. The van der Waals surface area contributed by atoms with Crippen molar-refractivity contribution in [2.45, 2.75) is 19.9 Å². The number of nitrogens with one attached hydrogen (secondary N) is 1. The highest BCUT2D eigenvalue weighted by Crippen LogP contribution is 2.01. The Morgan fingerprint density at radius 1 is 1.50 bits per heavy atom. The summed E-state index contributed by atoms with van der Waals surface area (Å²) in [7, 11) is 3.94. The third kappa shape index (κ3) is 4.96. The summed E-state index contributed by atoms with van der Waals surface area (Å²) in [6.07, 6.45) is 0. The molecule has 0 heterocycles. The van der Waals surface area contributed by atoms with Crippen LogP contribution in [0.3, 0.4) is 0 Å². The van der Waals surface area contributed by atoms with Crippen LogP contribution in [0.25, 0.3) is 0 Å². The van der Waals surface area contributed by atoms with Crippen molar-refractivity contribution >= 4 is 6.03 Å². The number of rotatable bonds is 4. The molecule has 2 amide bonds. The van der Waals surface area contributed by atoms with Crippen LogP contribution in [0.5, 0.6) is 0 Å². The number of nitrogens with zero attached hydrogens (tertiary/aromatic N) is 1. The van der Waals surface area contributed by atoms with Gasteiger partial charge in [0, 0.05) is 12.6 Å². The third-order valence-corrected chi connectivity index (χ3v) is 1.69. The monoisotopic (exact) mass is 173 g/mol. The van der Waals surface area contributed by atoms with E-state index in [2.05, 4.69) is 19.2 Å². The van der Waals surface area contributed by atoms with Crippen LogP contribution in [0, 0.1) is 5.92 Å². The van der Waals surface area contributed by atoms with E-state index in [-0.39, 0.29) is 6.04 Å². The maximum atomic E-state index is 10.6. The predicted molar refractivity (Wildman–Crippen MR) is 49.9 cm³/mol. The average molecular weight is 173 g/mol. The van der Waals surface area contributed by atoms with Crippen LogP contribution in [-0.2, 0) is 0 Å². The van der Waals surface area contributed by atoms with Gasteiger partial charge in [0.1, 0.15) is 0 Å². The maximum Gasteiger partial charge on any atom is 0.312 e. The minimum atomic E-state index is -0.449. The lowest BCUT2D eigenvalue weighted by molar-refractivity contribution is 0.233. The first-order valence-electron chi connectivity index (χ1n) is 4.14. The summed E-state index contributed by atoms with van der Waals surface area (Å²) in [5, 5.41) is 2.71. The van der Waals surface area contributed by atoms with Gasteiger partial charge in [-0.3, -0.25) is 0 Å². The Bertz CT molecular complexity index is 145. The van der Waals surface area contributed by atoms with Crippen LogP contribution >= 0.6 is 0 Å². The first-order valence-corrected chi connectivity index (χ1v) is 4.14. The van der Waals surface area contributed by atoms with Crippen molar-refractivity contribution in [3.63, 3.8) is 0 Å². The van der Waals surface area contributed by atoms with Crippen LogP contribution < -0.4 is 11.1 Å². The van der Waals surface area contributed by atoms with Gasteiger partial charge < -0.3 is 16.0 Å². The molecule has 0 saturated carbocycles. The number of nitrogens with two attached hydrogens (primary N) is 1. The smallest absolute Gasteiger partial charge is 0.312 e. The predicted octanol–water partition coefficient (Wildman–Crippen LogP) is 0.241. The van der Waals surface area contributed by atoms with Gasteiger partial charge in [0.25, 0.3) is 0 Å². The fourth-order valence-electron chi connectivity index (χ4n) is 0.999. The Morgan fingerprint density at radius 3 is 2.25 bits per heavy atom. The molecule has 12 heavy (non-hydrogen) atoms. The molecule has 4 nitrogen and oxygen atoms in total. The maximum absolute atomic E-state index is 10.6. The second kappa shape index (κ2) is 4.98. The standard InChI is InChI=1S/C8H19N3O/c1-6(2)7(5-11(3)4)10-8(9)12/h6-7H,5H2,1-4H3,(H3,9,10,12). The highest BCUT2D eigenvalue weighted by Gasteiger charge is 2.14. The normalized spacial score (nSPS) is 13.5. The fourth-order valence-corrected chi connectivity index (χ4v) is 0.999. The molecule has 0 aliphatic heterocycles.